The summed E-state index contributed by atoms with van der Waals surface area (Å²) < 4.78 is 56.6. The molecule has 1 atom stereocenters. The van der Waals surface area contributed by atoms with Crippen molar-refractivity contribution in [2.45, 2.75) is 5.09 Å². The van der Waals surface area contributed by atoms with Gasteiger partial charge in [-0.15, -0.1) is 0 Å². The summed E-state index contributed by atoms with van der Waals surface area (Å²) in [5.41, 5.74) is 0. The Morgan fingerprint density at radius 1 is 1.26 bits per heavy atom. The first-order valence-electron chi connectivity index (χ1n) is 4.52. The molecule has 3 N–H and O–H groups in total. The first-order valence-corrected chi connectivity index (χ1v) is 9.20. The molecule has 19 heavy (non-hydrogen) atoms. The maximum absolute atomic E-state index is 11.5. The van der Waals surface area contributed by atoms with E-state index in [4.69, 9.17) is 14.7 Å². The third-order valence-electron chi connectivity index (χ3n) is 1.62. The minimum absolute atomic E-state index is 0.361. The lowest BCUT2D eigenvalue weighted by atomic mass is 10.7. The number of rotatable bonds is 7. The van der Waals surface area contributed by atoms with Crippen LogP contribution in [0.4, 0.5) is 0 Å². The maximum Gasteiger partial charge on any atom is 0.481 e. The molecule has 1 heterocycles. The Balaban J connectivity index is 2.56. The largest absolute Gasteiger partial charge is 0.481 e. The molecule has 0 spiro atoms. The Morgan fingerprint density at radius 3 is 2.37 bits per heavy atom. The van der Waals surface area contributed by atoms with E-state index in [1.54, 1.807) is 0 Å². The highest BCUT2D eigenvalue weighted by Gasteiger charge is 2.32. The Hall–Kier alpha value is -0.510. The topological polar surface area (TPSA) is 161 Å². The zero-order valence-electron chi connectivity index (χ0n) is 9.15. The van der Waals surface area contributed by atoms with Crippen molar-refractivity contribution in [1.82, 2.24) is 0 Å². The molecule has 1 aromatic heterocycles. The highest BCUT2D eigenvalue weighted by molar-refractivity contribution is 7.91. The lowest BCUT2D eigenvalue weighted by Gasteiger charge is -2.11. The van der Waals surface area contributed by atoms with Crippen LogP contribution >= 0.6 is 15.6 Å². The van der Waals surface area contributed by atoms with E-state index in [9.17, 15) is 17.5 Å². The van der Waals surface area contributed by atoms with Gasteiger partial charge in [-0.1, -0.05) is 0 Å². The number of sulfone groups is 1. The quantitative estimate of drug-likeness (QED) is 0.590. The highest BCUT2D eigenvalue weighted by atomic mass is 32.2. The molecule has 0 fully saturated rings. The van der Waals surface area contributed by atoms with E-state index in [2.05, 4.69) is 13.3 Å². The molecule has 0 aromatic carbocycles. The average Bonchev–Trinajstić information content (AvgIpc) is 2.64. The fourth-order valence-corrected chi connectivity index (χ4v) is 3.66. The molecule has 13 heteroatoms. The van der Waals surface area contributed by atoms with Gasteiger partial charge >= 0.3 is 15.6 Å². The van der Waals surface area contributed by atoms with Gasteiger partial charge in [-0.05, 0) is 12.1 Å². The van der Waals surface area contributed by atoms with Gasteiger partial charge in [-0.2, -0.15) is 4.31 Å². The lowest BCUT2D eigenvalue weighted by Crippen LogP contribution is -2.11. The molecule has 0 aliphatic carbocycles. The van der Waals surface area contributed by atoms with Crippen LogP contribution in [-0.2, 0) is 27.8 Å². The van der Waals surface area contributed by atoms with Crippen LogP contribution in [0.25, 0.3) is 0 Å². The average molecular weight is 336 g/mol. The zero-order chi connectivity index (χ0) is 14.7. The van der Waals surface area contributed by atoms with Crippen LogP contribution in [0.15, 0.2) is 27.9 Å². The normalized spacial score (nSPS) is 16.2. The second-order valence-corrected chi connectivity index (χ2v) is 7.99. The van der Waals surface area contributed by atoms with Crippen LogP contribution in [0.3, 0.4) is 0 Å². The van der Waals surface area contributed by atoms with Crippen molar-refractivity contribution in [1.29, 1.82) is 0 Å². The van der Waals surface area contributed by atoms with Gasteiger partial charge < -0.3 is 19.1 Å². The van der Waals surface area contributed by atoms with Gasteiger partial charge in [0.2, 0.25) is 14.9 Å². The summed E-state index contributed by atoms with van der Waals surface area (Å²) in [5, 5.41) is -0.361. The Labute approximate surface area is 107 Å². The van der Waals surface area contributed by atoms with Gasteiger partial charge in [0, 0.05) is 0 Å². The van der Waals surface area contributed by atoms with E-state index in [-0.39, 0.29) is 5.09 Å². The standard InChI is InChI=1S/C6H10O10P2S/c7-17(8,9)16-18(10,11)15-4-5-19(12,13)6-2-1-3-14-6/h1-3H,4-5H2,(H,10,11)(H2,7,8,9). The van der Waals surface area contributed by atoms with Gasteiger partial charge in [0.15, 0.2) is 0 Å². The maximum atomic E-state index is 11.5. The van der Waals surface area contributed by atoms with Crippen molar-refractivity contribution in [2.24, 2.45) is 0 Å². The van der Waals surface area contributed by atoms with Gasteiger partial charge in [0.25, 0.3) is 0 Å². The molecule has 10 nitrogen and oxygen atoms in total. The molecule has 0 radical (unpaired) electrons. The lowest BCUT2D eigenvalue weighted by molar-refractivity contribution is 0.185. The van der Waals surface area contributed by atoms with Crippen LogP contribution in [0.1, 0.15) is 0 Å². The van der Waals surface area contributed by atoms with Crippen LogP contribution in [0, 0.1) is 0 Å². The van der Waals surface area contributed by atoms with Gasteiger partial charge in [0.1, 0.15) is 0 Å². The minimum atomic E-state index is -5.22. The van der Waals surface area contributed by atoms with Crippen LogP contribution < -0.4 is 0 Å². The molecule has 0 amide bonds. The van der Waals surface area contributed by atoms with Crippen LogP contribution in [0.2, 0.25) is 0 Å². The van der Waals surface area contributed by atoms with Gasteiger partial charge in [0.05, 0.1) is 18.6 Å². The molecule has 1 aromatic rings. The van der Waals surface area contributed by atoms with Crippen molar-refractivity contribution in [3.05, 3.63) is 18.4 Å². The SMILES string of the molecule is O=P(O)(O)OP(=O)(O)OCCS(=O)(=O)c1ccco1. The number of hydrogen-bond acceptors (Lipinski definition) is 7. The van der Waals surface area contributed by atoms with Gasteiger partial charge in [-0.25, -0.2) is 17.5 Å². The predicted octanol–water partition coefficient (Wildman–Crippen LogP) is 0.280. The van der Waals surface area contributed by atoms with Crippen molar-refractivity contribution >= 4 is 25.5 Å². The zero-order valence-corrected chi connectivity index (χ0v) is 11.8. The van der Waals surface area contributed by atoms with E-state index in [0.717, 1.165) is 6.26 Å². The smallest absolute Gasteiger partial charge is 0.453 e. The van der Waals surface area contributed by atoms with Crippen molar-refractivity contribution in [2.75, 3.05) is 12.4 Å². The summed E-state index contributed by atoms with van der Waals surface area (Å²) in [5.74, 6) is -0.727. The molecule has 0 saturated carbocycles. The Kier molecular flexibility index (Phi) is 5.10. The first kappa shape index (κ1) is 16.5. The molecule has 1 unspecified atom stereocenters. The molecule has 0 bridgehead atoms. The summed E-state index contributed by atoms with van der Waals surface area (Å²) >= 11 is 0. The summed E-state index contributed by atoms with van der Waals surface area (Å²) in [4.78, 5) is 25.5. The fraction of sp³-hybridized carbons (Fsp3) is 0.333. The van der Waals surface area contributed by atoms with E-state index < -0.39 is 37.8 Å². The number of furan rings is 1. The Morgan fingerprint density at radius 2 is 1.89 bits per heavy atom. The van der Waals surface area contributed by atoms with Crippen molar-refractivity contribution in [3.8, 4) is 0 Å². The molecular formula is C6H10O10P2S. The van der Waals surface area contributed by atoms with E-state index in [1.807, 2.05) is 0 Å². The number of phosphoric ester groups is 1. The van der Waals surface area contributed by atoms with E-state index in [1.165, 1.54) is 12.1 Å². The van der Waals surface area contributed by atoms with Gasteiger partial charge in [-0.3, -0.25) is 4.52 Å². The molecule has 0 aliphatic rings. The second kappa shape index (κ2) is 5.86. The Bertz CT molecular complexity index is 598. The second-order valence-electron chi connectivity index (χ2n) is 3.12. The molecule has 1 rings (SSSR count). The third-order valence-corrected chi connectivity index (χ3v) is 5.35. The number of hydrogen-bond donors (Lipinski definition) is 3. The van der Waals surface area contributed by atoms with Crippen LogP contribution in [0.5, 0.6) is 0 Å². The highest BCUT2D eigenvalue weighted by Crippen LogP contribution is 2.57. The van der Waals surface area contributed by atoms with E-state index >= 15 is 0 Å². The third kappa shape index (κ3) is 5.98. The summed E-state index contributed by atoms with van der Waals surface area (Å²) in [6, 6.07) is 2.50. The summed E-state index contributed by atoms with van der Waals surface area (Å²) in [6.07, 6.45) is 1.13. The minimum Gasteiger partial charge on any atom is -0.453 e. The van der Waals surface area contributed by atoms with Crippen LogP contribution in [-0.4, -0.2) is 35.5 Å². The molecule has 110 valence electrons. The van der Waals surface area contributed by atoms with E-state index in [0.29, 0.717) is 0 Å². The summed E-state index contributed by atoms with van der Waals surface area (Å²) in [6.45, 7) is -0.809. The fourth-order valence-electron chi connectivity index (χ4n) is 0.961. The first-order chi connectivity index (χ1) is 8.52. The molecule has 0 saturated heterocycles. The van der Waals surface area contributed by atoms with Crippen molar-refractivity contribution < 1.29 is 45.5 Å². The number of phosphoric acid groups is 2. The monoisotopic (exact) mass is 336 g/mol. The predicted molar refractivity (Wildman–Crippen MR) is 59.7 cm³/mol. The summed E-state index contributed by atoms with van der Waals surface area (Å²) in [7, 11) is -14.1. The molecule has 0 aliphatic heterocycles. The van der Waals surface area contributed by atoms with Crippen molar-refractivity contribution in [3.63, 3.8) is 0 Å². The molecular weight excluding hydrogens is 326 g/mol.